The van der Waals surface area contributed by atoms with E-state index >= 15 is 0 Å². The van der Waals surface area contributed by atoms with Gasteiger partial charge in [-0.1, -0.05) is 12.1 Å². The second kappa shape index (κ2) is 5.84. The topological polar surface area (TPSA) is 94.2 Å². The highest BCUT2D eigenvalue weighted by molar-refractivity contribution is 6.02. The van der Waals surface area contributed by atoms with Gasteiger partial charge in [-0.2, -0.15) is 0 Å². The van der Waals surface area contributed by atoms with E-state index in [9.17, 15) is 4.79 Å². The van der Waals surface area contributed by atoms with E-state index in [1.807, 2.05) is 30.5 Å². The first kappa shape index (κ1) is 15.4. The molecule has 0 aliphatic heterocycles. The van der Waals surface area contributed by atoms with E-state index in [0.717, 1.165) is 5.56 Å². The van der Waals surface area contributed by atoms with E-state index in [-0.39, 0.29) is 0 Å². The molecule has 3 heterocycles. The lowest BCUT2D eigenvalue weighted by molar-refractivity contribution is 0.0602. The summed E-state index contributed by atoms with van der Waals surface area (Å²) >= 11 is 0. The van der Waals surface area contributed by atoms with Crippen molar-refractivity contribution < 1.29 is 18.4 Å². The fraction of sp³-hybridized carbons (Fsp3) is 0.0500. The first-order chi connectivity index (χ1) is 13.2. The summed E-state index contributed by atoms with van der Waals surface area (Å²) in [6.07, 6.45) is 3.62. The SMILES string of the molecule is COC(=O)c1cccc2oc(-c3cccc4oc(-c5cc[nH]c5)nc34)nc12. The molecule has 7 heteroatoms. The normalized spacial score (nSPS) is 11.3. The number of fused-ring (bicyclic) bond motifs is 2. The van der Waals surface area contributed by atoms with Crippen molar-refractivity contribution in [3.8, 4) is 22.9 Å². The summed E-state index contributed by atoms with van der Waals surface area (Å²) in [6, 6.07) is 12.6. The number of hydrogen-bond donors (Lipinski definition) is 1. The van der Waals surface area contributed by atoms with Crippen LogP contribution in [0.4, 0.5) is 0 Å². The molecule has 1 N–H and O–H groups in total. The number of esters is 1. The number of H-pyrrole nitrogens is 1. The van der Waals surface area contributed by atoms with Gasteiger partial charge in [-0.25, -0.2) is 14.8 Å². The number of aromatic amines is 1. The van der Waals surface area contributed by atoms with Crippen LogP contribution in [0.3, 0.4) is 0 Å². The number of methoxy groups -OCH3 is 1. The van der Waals surface area contributed by atoms with Gasteiger partial charge in [-0.3, -0.25) is 0 Å². The number of ether oxygens (including phenoxy) is 1. The van der Waals surface area contributed by atoms with E-state index < -0.39 is 5.97 Å². The minimum Gasteiger partial charge on any atom is -0.465 e. The van der Waals surface area contributed by atoms with Crippen molar-refractivity contribution in [2.24, 2.45) is 0 Å². The zero-order valence-corrected chi connectivity index (χ0v) is 14.2. The molecule has 0 atom stereocenters. The summed E-state index contributed by atoms with van der Waals surface area (Å²) in [5, 5.41) is 0. The van der Waals surface area contributed by atoms with Crippen LogP contribution >= 0.6 is 0 Å². The van der Waals surface area contributed by atoms with Gasteiger partial charge < -0.3 is 18.6 Å². The summed E-state index contributed by atoms with van der Waals surface area (Å²) in [7, 11) is 1.33. The minimum absolute atomic E-state index is 0.352. The van der Waals surface area contributed by atoms with E-state index in [1.165, 1.54) is 7.11 Å². The summed E-state index contributed by atoms with van der Waals surface area (Å²) in [5.74, 6) is 0.403. The Balaban J connectivity index is 1.70. The lowest BCUT2D eigenvalue weighted by Gasteiger charge is -1.97. The van der Waals surface area contributed by atoms with Crippen molar-refractivity contribution in [2.45, 2.75) is 0 Å². The molecule has 0 saturated heterocycles. The Morgan fingerprint density at radius 1 is 0.963 bits per heavy atom. The molecule has 2 aromatic carbocycles. The maximum absolute atomic E-state index is 12.0. The van der Waals surface area contributed by atoms with Crippen molar-refractivity contribution in [1.29, 1.82) is 0 Å². The molecule has 27 heavy (non-hydrogen) atoms. The average Bonchev–Trinajstić information content (AvgIpc) is 3.44. The molecule has 0 fully saturated rings. The van der Waals surface area contributed by atoms with E-state index in [1.54, 1.807) is 24.4 Å². The number of carbonyl (C=O) groups excluding carboxylic acids is 1. The number of benzene rings is 2. The first-order valence-electron chi connectivity index (χ1n) is 8.25. The van der Waals surface area contributed by atoms with Gasteiger partial charge in [0.15, 0.2) is 11.2 Å². The number of rotatable bonds is 3. The van der Waals surface area contributed by atoms with Crippen LogP contribution in [0.5, 0.6) is 0 Å². The van der Waals surface area contributed by atoms with Crippen LogP contribution in [-0.4, -0.2) is 28.0 Å². The summed E-state index contributed by atoms with van der Waals surface area (Å²) in [4.78, 5) is 24.1. The molecule has 132 valence electrons. The van der Waals surface area contributed by atoms with Crippen molar-refractivity contribution in [3.05, 3.63) is 60.4 Å². The molecule has 0 bridgehead atoms. The number of carbonyl (C=O) groups is 1. The minimum atomic E-state index is -0.463. The third-order valence-electron chi connectivity index (χ3n) is 4.32. The molecule has 0 aliphatic carbocycles. The number of nitrogens with zero attached hydrogens (tertiary/aromatic N) is 2. The van der Waals surface area contributed by atoms with Gasteiger partial charge in [0.1, 0.15) is 11.0 Å². The molecule has 0 radical (unpaired) electrons. The number of oxazole rings is 2. The molecule has 0 unspecified atom stereocenters. The molecule has 0 spiro atoms. The number of hydrogen-bond acceptors (Lipinski definition) is 6. The average molecular weight is 359 g/mol. The van der Waals surface area contributed by atoms with Crippen molar-refractivity contribution >= 4 is 28.2 Å². The second-order valence-electron chi connectivity index (χ2n) is 5.93. The van der Waals surface area contributed by atoms with Crippen LogP contribution in [0.25, 0.3) is 45.1 Å². The highest BCUT2D eigenvalue weighted by Crippen LogP contribution is 2.33. The molecule has 0 saturated carbocycles. The quantitative estimate of drug-likeness (QED) is 0.479. The Morgan fingerprint density at radius 2 is 1.70 bits per heavy atom. The maximum Gasteiger partial charge on any atom is 0.340 e. The highest BCUT2D eigenvalue weighted by Gasteiger charge is 2.20. The largest absolute Gasteiger partial charge is 0.465 e. The zero-order chi connectivity index (χ0) is 18.4. The smallest absolute Gasteiger partial charge is 0.340 e. The molecule has 7 nitrogen and oxygen atoms in total. The molecule has 0 amide bonds. The van der Waals surface area contributed by atoms with Crippen LogP contribution < -0.4 is 0 Å². The van der Waals surface area contributed by atoms with Crippen LogP contribution in [0, 0.1) is 0 Å². The lowest BCUT2D eigenvalue weighted by Crippen LogP contribution is -2.01. The Labute approximate surface area is 152 Å². The van der Waals surface area contributed by atoms with E-state index in [0.29, 0.717) is 45.1 Å². The van der Waals surface area contributed by atoms with Gasteiger partial charge >= 0.3 is 5.97 Å². The lowest BCUT2D eigenvalue weighted by atomic mass is 10.2. The monoisotopic (exact) mass is 359 g/mol. The van der Waals surface area contributed by atoms with Crippen LogP contribution in [-0.2, 0) is 4.74 Å². The van der Waals surface area contributed by atoms with E-state index in [2.05, 4.69) is 15.0 Å². The maximum atomic E-state index is 12.0. The van der Waals surface area contributed by atoms with Crippen molar-refractivity contribution in [1.82, 2.24) is 15.0 Å². The third-order valence-corrected chi connectivity index (χ3v) is 4.32. The third kappa shape index (κ3) is 2.40. The Morgan fingerprint density at radius 3 is 2.48 bits per heavy atom. The molecule has 0 aliphatic rings. The second-order valence-corrected chi connectivity index (χ2v) is 5.93. The van der Waals surface area contributed by atoms with Gasteiger partial charge in [-0.15, -0.1) is 0 Å². The van der Waals surface area contributed by atoms with Crippen molar-refractivity contribution in [3.63, 3.8) is 0 Å². The number of nitrogens with one attached hydrogen (secondary N) is 1. The first-order valence-corrected chi connectivity index (χ1v) is 8.25. The number of aromatic nitrogens is 3. The fourth-order valence-electron chi connectivity index (χ4n) is 3.04. The van der Waals surface area contributed by atoms with Crippen LogP contribution in [0.1, 0.15) is 10.4 Å². The predicted molar refractivity (Wildman–Crippen MR) is 98.1 cm³/mol. The van der Waals surface area contributed by atoms with E-state index in [4.69, 9.17) is 13.6 Å². The Kier molecular flexibility index (Phi) is 3.33. The van der Waals surface area contributed by atoms with Crippen molar-refractivity contribution in [2.75, 3.05) is 7.11 Å². The van der Waals surface area contributed by atoms with Gasteiger partial charge in [-0.05, 0) is 30.3 Å². The predicted octanol–water partition coefficient (Wildman–Crippen LogP) is 4.42. The summed E-state index contributed by atoms with van der Waals surface area (Å²) in [5.41, 5.74) is 4.10. The standard InChI is InChI=1S/C20H13N3O4/c1-25-20(24)13-5-3-7-15-17(13)23-19(27-15)12-4-2-6-14-16(12)22-18(26-14)11-8-9-21-10-11/h2-10,21H,1H3. The molecule has 3 aromatic heterocycles. The molecular formula is C20H13N3O4. The zero-order valence-electron chi connectivity index (χ0n) is 14.2. The van der Waals surface area contributed by atoms with Gasteiger partial charge in [0.25, 0.3) is 0 Å². The summed E-state index contributed by atoms with van der Waals surface area (Å²) in [6.45, 7) is 0. The van der Waals surface area contributed by atoms with Gasteiger partial charge in [0.2, 0.25) is 11.8 Å². The van der Waals surface area contributed by atoms with Crippen LogP contribution in [0.2, 0.25) is 0 Å². The molecule has 5 aromatic rings. The van der Waals surface area contributed by atoms with Gasteiger partial charge in [0, 0.05) is 12.4 Å². The Hall–Kier alpha value is -3.87. The molecule has 5 rings (SSSR count). The Bertz CT molecular complexity index is 1280. The fourth-order valence-corrected chi connectivity index (χ4v) is 3.04. The molecular weight excluding hydrogens is 346 g/mol. The number of para-hydroxylation sites is 2. The highest BCUT2D eigenvalue weighted by atomic mass is 16.5. The summed E-state index contributed by atoms with van der Waals surface area (Å²) < 4.78 is 16.6. The van der Waals surface area contributed by atoms with Gasteiger partial charge in [0.05, 0.1) is 23.8 Å². The van der Waals surface area contributed by atoms with Crippen LogP contribution in [0.15, 0.2) is 63.7 Å².